The number of benzene rings is 2. The highest BCUT2D eigenvalue weighted by Crippen LogP contribution is 2.15. The highest BCUT2D eigenvalue weighted by molar-refractivity contribution is 7.89. The van der Waals surface area contributed by atoms with Crippen LogP contribution < -0.4 is 10.0 Å². The molecule has 0 atom stereocenters. The van der Waals surface area contributed by atoms with Crippen LogP contribution in [0.15, 0.2) is 53.4 Å². The van der Waals surface area contributed by atoms with E-state index >= 15 is 0 Å². The zero-order chi connectivity index (χ0) is 19.9. The largest absolute Gasteiger partial charge is 0.352 e. The molecular formula is C19H24ClN3O3S. The van der Waals surface area contributed by atoms with E-state index in [-0.39, 0.29) is 23.8 Å². The van der Waals surface area contributed by atoms with E-state index in [1.165, 1.54) is 12.1 Å². The zero-order valence-electron chi connectivity index (χ0n) is 15.4. The van der Waals surface area contributed by atoms with Crippen molar-refractivity contribution < 1.29 is 13.2 Å². The lowest BCUT2D eigenvalue weighted by Gasteiger charge is -2.14. The van der Waals surface area contributed by atoms with Crippen molar-refractivity contribution in [2.75, 3.05) is 20.6 Å². The van der Waals surface area contributed by atoms with E-state index in [1.54, 1.807) is 12.1 Å². The first kappa shape index (κ1) is 21.4. The quantitative estimate of drug-likeness (QED) is 0.666. The number of sulfonamides is 1. The molecule has 2 rings (SSSR count). The fraction of sp³-hybridized carbons (Fsp3) is 0.316. The molecule has 146 valence electrons. The van der Waals surface area contributed by atoms with Gasteiger partial charge in [0.1, 0.15) is 0 Å². The molecule has 0 aliphatic heterocycles. The Bertz CT molecular complexity index is 885. The zero-order valence-corrected chi connectivity index (χ0v) is 17.0. The SMILES string of the molecule is CN(C)Cc1ccccc1CNC(=O)CCNS(=O)(=O)c1cccc(Cl)c1. The van der Waals surface area contributed by atoms with Gasteiger partial charge in [0.25, 0.3) is 0 Å². The molecule has 0 fully saturated rings. The lowest BCUT2D eigenvalue weighted by atomic mass is 10.1. The normalized spacial score (nSPS) is 11.6. The van der Waals surface area contributed by atoms with Crippen molar-refractivity contribution in [3.63, 3.8) is 0 Å². The maximum absolute atomic E-state index is 12.2. The summed E-state index contributed by atoms with van der Waals surface area (Å²) in [7, 11) is 0.289. The van der Waals surface area contributed by atoms with E-state index in [9.17, 15) is 13.2 Å². The van der Waals surface area contributed by atoms with Gasteiger partial charge in [0.05, 0.1) is 4.90 Å². The smallest absolute Gasteiger partial charge is 0.240 e. The molecule has 0 saturated heterocycles. The van der Waals surface area contributed by atoms with Gasteiger partial charge in [-0.3, -0.25) is 4.79 Å². The highest BCUT2D eigenvalue weighted by atomic mass is 35.5. The van der Waals surface area contributed by atoms with Crippen molar-refractivity contribution in [1.82, 2.24) is 14.9 Å². The van der Waals surface area contributed by atoms with Crippen LogP contribution in [0.2, 0.25) is 5.02 Å². The van der Waals surface area contributed by atoms with Crippen molar-refractivity contribution in [2.45, 2.75) is 24.4 Å². The molecule has 8 heteroatoms. The Morgan fingerprint density at radius 2 is 1.78 bits per heavy atom. The number of carbonyl (C=O) groups excluding carboxylic acids is 1. The third kappa shape index (κ3) is 6.95. The molecule has 0 bridgehead atoms. The van der Waals surface area contributed by atoms with Gasteiger partial charge in [-0.15, -0.1) is 0 Å². The Morgan fingerprint density at radius 1 is 1.07 bits per heavy atom. The Kier molecular flexibility index (Phi) is 7.79. The molecule has 0 unspecified atom stereocenters. The molecule has 2 aromatic rings. The lowest BCUT2D eigenvalue weighted by molar-refractivity contribution is -0.121. The minimum atomic E-state index is -3.69. The van der Waals surface area contributed by atoms with E-state index in [1.807, 2.05) is 38.4 Å². The minimum Gasteiger partial charge on any atom is -0.352 e. The van der Waals surface area contributed by atoms with Crippen molar-refractivity contribution in [3.05, 3.63) is 64.7 Å². The Morgan fingerprint density at radius 3 is 2.44 bits per heavy atom. The second-order valence-electron chi connectivity index (χ2n) is 6.39. The van der Waals surface area contributed by atoms with Crippen LogP contribution in [0.25, 0.3) is 0 Å². The number of halogens is 1. The van der Waals surface area contributed by atoms with Crippen LogP contribution in [0.1, 0.15) is 17.5 Å². The predicted molar refractivity (Wildman–Crippen MR) is 107 cm³/mol. The number of nitrogens with one attached hydrogen (secondary N) is 2. The van der Waals surface area contributed by atoms with Gasteiger partial charge in [0.15, 0.2) is 0 Å². The van der Waals surface area contributed by atoms with Crippen molar-refractivity contribution in [1.29, 1.82) is 0 Å². The highest BCUT2D eigenvalue weighted by Gasteiger charge is 2.14. The van der Waals surface area contributed by atoms with E-state index in [2.05, 4.69) is 14.9 Å². The Labute approximate surface area is 165 Å². The van der Waals surface area contributed by atoms with Crippen molar-refractivity contribution in [3.8, 4) is 0 Å². The summed E-state index contributed by atoms with van der Waals surface area (Å²) in [6, 6.07) is 13.9. The Balaban J connectivity index is 1.83. The number of carbonyl (C=O) groups is 1. The van der Waals surface area contributed by atoms with Crippen LogP contribution in [0.5, 0.6) is 0 Å². The van der Waals surface area contributed by atoms with E-state index in [4.69, 9.17) is 11.6 Å². The summed E-state index contributed by atoms with van der Waals surface area (Å²) in [6.07, 6.45) is 0.0512. The predicted octanol–water partition coefficient (Wildman–Crippen LogP) is 2.39. The van der Waals surface area contributed by atoms with Crippen LogP contribution >= 0.6 is 11.6 Å². The summed E-state index contributed by atoms with van der Waals surface area (Å²) < 4.78 is 26.8. The summed E-state index contributed by atoms with van der Waals surface area (Å²) in [4.78, 5) is 14.2. The third-order valence-electron chi connectivity index (χ3n) is 3.83. The molecule has 0 heterocycles. The summed E-state index contributed by atoms with van der Waals surface area (Å²) in [5, 5.41) is 3.17. The lowest BCUT2D eigenvalue weighted by Crippen LogP contribution is -2.30. The van der Waals surface area contributed by atoms with E-state index in [0.717, 1.165) is 17.7 Å². The van der Waals surface area contributed by atoms with E-state index < -0.39 is 10.0 Å². The maximum Gasteiger partial charge on any atom is 0.240 e. The topological polar surface area (TPSA) is 78.5 Å². The molecule has 27 heavy (non-hydrogen) atoms. The molecule has 0 aromatic heterocycles. The first-order chi connectivity index (χ1) is 12.8. The standard InChI is InChI=1S/C19H24ClN3O3S/c1-23(2)14-16-7-4-3-6-15(16)13-21-19(24)10-11-22-27(25,26)18-9-5-8-17(20)12-18/h3-9,12,22H,10-11,13-14H2,1-2H3,(H,21,24). The summed E-state index contributed by atoms with van der Waals surface area (Å²) in [5.74, 6) is -0.219. The van der Waals surface area contributed by atoms with Gasteiger partial charge in [-0.2, -0.15) is 0 Å². The maximum atomic E-state index is 12.2. The molecule has 0 aliphatic carbocycles. The van der Waals surface area contributed by atoms with Crippen LogP contribution in [0.3, 0.4) is 0 Å². The van der Waals surface area contributed by atoms with Crippen molar-refractivity contribution in [2.24, 2.45) is 0 Å². The minimum absolute atomic E-state index is 0.0139. The molecule has 1 amide bonds. The van der Waals surface area contributed by atoms with Gasteiger partial charge < -0.3 is 10.2 Å². The molecule has 2 aromatic carbocycles. The number of hydrogen-bond acceptors (Lipinski definition) is 4. The average molecular weight is 410 g/mol. The number of rotatable bonds is 9. The molecule has 6 nitrogen and oxygen atoms in total. The van der Waals surface area contributed by atoms with Gasteiger partial charge in [0, 0.05) is 31.1 Å². The monoisotopic (exact) mass is 409 g/mol. The van der Waals surface area contributed by atoms with Crippen LogP contribution in [-0.4, -0.2) is 39.9 Å². The second kappa shape index (κ2) is 9.85. The van der Waals surface area contributed by atoms with Gasteiger partial charge >= 0.3 is 0 Å². The molecule has 0 spiro atoms. The number of hydrogen-bond donors (Lipinski definition) is 2. The molecule has 0 saturated carbocycles. The van der Waals surface area contributed by atoms with Crippen LogP contribution in [0.4, 0.5) is 0 Å². The van der Waals surface area contributed by atoms with Gasteiger partial charge in [-0.05, 0) is 43.4 Å². The second-order valence-corrected chi connectivity index (χ2v) is 8.59. The van der Waals surface area contributed by atoms with Gasteiger partial charge in [-0.25, -0.2) is 13.1 Å². The first-order valence-corrected chi connectivity index (χ1v) is 10.4. The van der Waals surface area contributed by atoms with E-state index in [0.29, 0.717) is 11.6 Å². The van der Waals surface area contributed by atoms with Crippen LogP contribution in [0, 0.1) is 0 Å². The summed E-state index contributed by atoms with van der Waals surface area (Å²) in [5.41, 5.74) is 2.18. The molecule has 0 aliphatic rings. The van der Waals surface area contributed by atoms with Crippen LogP contribution in [-0.2, 0) is 27.9 Å². The summed E-state index contributed by atoms with van der Waals surface area (Å²) in [6.45, 7) is 1.20. The summed E-state index contributed by atoms with van der Waals surface area (Å²) >= 11 is 5.82. The Hall–Kier alpha value is -1.93. The van der Waals surface area contributed by atoms with Gasteiger partial charge in [-0.1, -0.05) is 41.9 Å². The van der Waals surface area contributed by atoms with Crippen molar-refractivity contribution >= 4 is 27.5 Å². The fourth-order valence-corrected chi connectivity index (χ4v) is 3.86. The number of amides is 1. The van der Waals surface area contributed by atoms with Gasteiger partial charge in [0.2, 0.25) is 15.9 Å². The fourth-order valence-electron chi connectivity index (χ4n) is 2.52. The molecule has 2 N–H and O–H groups in total. The number of nitrogens with zero attached hydrogens (tertiary/aromatic N) is 1. The first-order valence-electron chi connectivity index (χ1n) is 8.51. The average Bonchev–Trinajstić information content (AvgIpc) is 2.60. The third-order valence-corrected chi connectivity index (χ3v) is 5.53. The molecule has 0 radical (unpaired) electrons. The molecular weight excluding hydrogens is 386 g/mol.